The van der Waals surface area contributed by atoms with Gasteiger partial charge >= 0.3 is 0 Å². The van der Waals surface area contributed by atoms with E-state index in [-0.39, 0.29) is 6.04 Å². The molecule has 0 amide bonds. The van der Waals surface area contributed by atoms with Crippen LogP contribution in [0.25, 0.3) is 9.40 Å². The zero-order chi connectivity index (χ0) is 14.1. The fourth-order valence-corrected chi connectivity index (χ4v) is 4.43. The summed E-state index contributed by atoms with van der Waals surface area (Å²) in [6, 6.07) is 8.21. The summed E-state index contributed by atoms with van der Waals surface area (Å²) in [4.78, 5) is 1.12. The second-order valence-electron chi connectivity index (χ2n) is 4.46. The van der Waals surface area contributed by atoms with Crippen LogP contribution in [0.5, 0.6) is 0 Å². The fraction of sp³-hybridized carbons (Fsp3) is 0.200. The minimum Gasteiger partial charge on any atom is -0.306 e. The van der Waals surface area contributed by atoms with E-state index in [1.807, 2.05) is 6.92 Å². The van der Waals surface area contributed by atoms with Crippen molar-refractivity contribution in [3.05, 3.63) is 57.8 Å². The Bertz CT molecular complexity index is 704. The number of hydrogen-bond acceptors (Lipinski definition) is 3. The van der Waals surface area contributed by atoms with E-state index < -0.39 is 11.6 Å². The Labute approximate surface area is 123 Å². The summed E-state index contributed by atoms with van der Waals surface area (Å²) in [5, 5.41) is 5.40. The van der Waals surface area contributed by atoms with Crippen molar-refractivity contribution in [3.8, 4) is 0 Å². The zero-order valence-electron chi connectivity index (χ0n) is 10.8. The molecule has 0 saturated carbocycles. The van der Waals surface area contributed by atoms with Crippen molar-refractivity contribution in [2.45, 2.75) is 13.0 Å². The first-order valence-electron chi connectivity index (χ1n) is 6.34. The van der Waals surface area contributed by atoms with Gasteiger partial charge in [0.2, 0.25) is 0 Å². The Kier molecular flexibility index (Phi) is 3.83. The molecule has 1 nitrogen and oxygen atoms in total. The molecule has 0 bridgehead atoms. The van der Waals surface area contributed by atoms with Gasteiger partial charge in [-0.25, -0.2) is 8.78 Å². The van der Waals surface area contributed by atoms with Gasteiger partial charge in [-0.15, -0.1) is 22.7 Å². The van der Waals surface area contributed by atoms with Crippen LogP contribution < -0.4 is 5.32 Å². The number of nitrogens with one attached hydrogen (secondary N) is 1. The normalized spacial score (nSPS) is 12.9. The largest absolute Gasteiger partial charge is 0.306 e. The van der Waals surface area contributed by atoms with Crippen LogP contribution in [0.4, 0.5) is 8.78 Å². The first kappa shape index (κ1) is 13.7. The predicted octanol–water partition coefficient (Wildman–Crippen LogP) is 4.94. The van der Waals surface area contributed by atoms with Gasteiger partial charge in [0.05, 0.1) is 6.04 Å². The maximum atomic E-state index is 13.4. The summed E-state index contributed by atoms with van der Waals surface area (Å²) in [5.74, 6) is -1.61. The molecule has 1 unspecified atom stereocenters. The van der Waals surface area contributed by atoms with Crippen molar-refractivity contribution in [1.29, 1.82) is 0 Å². The molecule has 0 aliphatic heterocycles. The molecule has 0 fully saturated rings. The standard InChI is InChI=1S/C15H13F2NS2/c1-2-18-15(9-3-4-10(16)11(17)7-9)14-8-13-12(20-14)5-6-19-13/h3-8,15,18H,2H2,1H3. The van der Waals surface area contributed by atoms with E-state index in [4.69, 9.17) is 0 Å². The van der Waals surface area contributed by atoms with Crippen molar-refractivity contribution >= 4 is 32.1 Å². The van der Waals surface area contributed by atoms with Crippen molar-refractivity contribution in [1.82, 2.24) is 5.32 Å². The molecule has 0 spiro atoms. The highest BCUT2D eigenvalue weighted by Gasteiger charge is 2.18. The van der Waals surface area contributed by atoms with Gasteiger partial charge in [-0.1, -0.05) is 13.0 Å². The number of fused-ring (bicyclic) bond motifs is 1. The maximum Gasteiger partial charge on any atom is 0.159 e. The van der Waals surface area contributed by atoms with Crippen LogP contribution in [0.1, 0.15) is 23.4 Å². The Morgan fingerprint density at radius 3 is 2.65 bits per heavy atom. The molecule has 3 aromatic rings. The van der Waals surface area contributed by atoms with Gasteiger partial charge in [-0.2, -0.15) is 0 Å². The van der Waals surface area contributed by atoms with Crippen molar-refractivity contribution < 1.29 is 8.78 Å². The highest BCUT2D eigenvalue weighted by atomic mass is 32.1. The number of rotatable bonds is 4. The number of thiophene rings is 2. The zero-order valence-corrected chi connectivity index (χ0v) is 12.5. The van der Waals surface area contributed by atoms with E-state index in [2.05, 4.69) is 22.8 Å². The smallest absolute Gasteiger partial charge is 0.159 e. The van der Waals surface area contributed by atoms with E-state index in [1.54, 1.807) is 28.7 Å². The molecule has 0 aliphatic carbocycles. The number of benzene rings is 1. The molecular weight excluding hydrogens is 296 g/mol. The van der Waals surface area contributed by atoms with Gasteiger partial charge in [0, 0.05) is 14.3 Å². The molecule has 2 aromatic heterocycles. The lowest BCUT2D eigenvalue weighted by Crippen LogP contribution is -2.21. The molecule has 3 rings (SSSR count). The predicted molar refractivity (Wildman–Crippen MR) is 81.6 cm³/mol. The Morgan fingerprint density at radius 2 is 1.95 bits per heavy atom. The SMILES string of the molecule is CCNC(c1ccc(F)c(F)c1)c1cc2sccc2s1. The average molecular weight is 309 g/mol. The molecule has 0 saturated heterocycles. The first-order valence-corrected chi connectivity index (χ1v) is 8.04. The topological polar surface area (TPSA) is 12.0 Å². The molecule has 1 N–H and O–H groups in total. The molecule has 1 atom stereocenters. The van der Waals surface area contributed by atoms with Crippen LogP contribution in [0.2, 0.25) is 0 Å². The number of hydrogen-bond donors (Lipinski definition) is 1. The van der Waals surface area contributed by atoms with E-state index in [1.165, 1.54) is 21.5 Å². The second kappa shape index (κ2) is 5.60. The van der Waals surface area contributed by atoms with Crippen molar-refractivity contribution in [3.63, 3.8) is 0 Å². The highest BCUT2D eigenvalue weighted by molar-refractivity contribution is 7.27. The van der Waals surface area contributed by atoms with E-state index in [0.29, 0.717) is 0 Å². The molecule has 0 radical (unpaired) electrons. The maximum absolute atomic E-state index is 13.4. The van der Waals surface area contributed by atoms with Gasteiger partial charge in [0.1, 0.15) is 0 Å². The van der Waals surface area contributed by atoms with Gasteiger partial charge < -0.3 is 5.32 Å². The third-order valence-corrected chi connectivity index (χ3v) is 5.29. The van der Waals surface area contributed by atoms with E-state index >= 15 is 0 Å². The van der Waals surface area contributed by atoms with Crippen molar-refractivity contribution in [2.24, 2.45) is 0 Å². The monoisotopic (exact) mass is 309 g/mol. The summed E-state index contributed by atoms with van der Waals surface area (Å²) in [6.07, 6.45) is 0. The summed E-state index contributed by atoms with van der Waals surface area (Å²) < 4.78 is 29.0. The minimum absolute atomic E-state index is 0.0975. The lowest BCUT2D eigenvalue weighted by molar-refractivity contribution is 0.504. The summed E-state index contributed by atoms with van der Waals surface area (Å²) in [5.41, 5.74) is 0.750. The van der Waals surface area contributed by atoms with Crippen LogP contribution in [0.3, 0.4) is 0 Å². The highest BCUT2D eigenvalue weighted by Crippen LogP contribution is 2.36. The molecule has 5 heteroatoms. The molecule has 104 valence electrons. The van der Waals surface area contributed by atoms with E-state index in [0.717, 1.165) is 17.0 Å². The van der Waals surface area contributed by atoms with Crippen LogP contribution in [-0.4, -0.2) is 6.54 Å². The summed E-state index contributed by atoms with van der Waals surface area (Å²) in [6.45, 7) is 2.76. The van der Waals surface area contributed by atoms with Gasteiger partial charge in [0.25, 0.3) is 0 Å². The minimum atomic E-state index is -0.809. The summed E-state index contributed by atoms with van der Waals surface area (Å²) >= 11 is 3.38. The first-order chi connectivity index (χ1) is 9.69. The third kappa shape index (κ3) is 2.49. The third-order valence-electron chi connectivity index (χ3n) is 3.13. The van der Waals surface area contributed by atoms with Crippen LogP contribution >= 0.6 is 22.7 Å². The molecular formula is C15H13F2NS2. The number of halogens is 2. The molecule has 1 aromatic carbocycles. The quantitative estimate of drug-likeness (QED) is 0.720. The van der Waals surface area contributed by atoms with Crippen LogP contribution in [0.15, 0.2) is 35.7 Å². The Balaban J connectivity index is 2.03. The Hall–Kier alpha value is -1.30. The molecule has 2 heterocycles. The van der Waals surface area contributed by atoms with Crippen LogP contribution in [0, 0.1) is 11.6 Å². The van der Waals surface area contributed by atoms with E-state index in [9.17, 15) is 8.78 Å². The van der Waals surface area contributed by atoms with Gasteiger partial charge in [-0.3, -0.25) is 0 Å². The lowest BCUT2D eigenvalue weighted by atomic mass is 10.0. The summed E-state index contributed by atoms with van der Waals surface area (Å²) in [7, 11) is 0. The van der Waals surface area contributed by atoms with Gasteiger partial charge in [0.15, 0.2) is 11.6 Å². The van der Waals surface area contributed by atoms with Crippen molar-refractivity contribution in [2.75, 3.05) is 6.54 Å². The molecule has 20 heavy (non-hydrogen) atoms. The average Bonchev–Trinajstić information content (AvgIpc) is 3.00. The fourth-order valence-electron chi connectivity index (χ4n) is 2.21. The van der Waals surface area contributed by atoms with Crippen LogP contribution in [-0.2, 0) is 0 Å². The molecule has 0 aliphatic rings. The second-order valence-corrected chi connectivity index (χ2v) is 6.53. The lowest BCUT2D eigenvalue weighted by Gasteiger charge is -2.17. The van der Waals surface area contributed by atoms with Gasteiger partial charge in [-0.05, 0) is 41.8 Å². The Morgan fingerprint density at radius 1 is 1.10 bits per heavy atom.